The van der Waals surface area contributed by atoms with Crippen LogP contribution < -0.4 is 20.4 Å². The van der Waals surface area contributed by atoms with Gasteiger partial charge in [-0.1, -0.05) is 30.3 Å². The number of benzene rings is 3. The van der Waals surface area contributed by atoms with Crippen molar-refractivity contribution in [1.82, 2.24) is 14.5 Å². The van der Waals surface area contributed by atoms with E-state index in [1.54, 1.807) is 35.2 Å². The van der Waals surface area contributed by atoms with Crippen molar-refractivity contribution in [2.75, 3.05) is 58.1 Å². The molecule has 284 valence electrons. The number of likely N-dealkylation sites (tertiary alicyclic amines) is 1. The quantitative estimate of drug-likeness (QED) is 0.218. The topological polar surface area (TPSA) is 168 Å². The Morgan fingerprint density at radius 2 is 1.72 bits per heavy atom. The molecule has 2 fully saturated rings. The summed E-state index contributed by atoms with van der Waals surface area (Å²) < 4.78 is 51.2. The van der Waals surface area contributed by atoms with Crippen molar-refractivity contribution >= 4 is 38.5 Å². The number of sulfonamides is 1. The molecule has 2 amide bonds. The lowest BCUT2D eigenvalue weighted by Crippen LogP contribution is -2.57. The zero-order valence-corrected chi connectivity index (χ0v) is 30.6. The Morgan fingerprint density at radius 3 is 2.44 bits per heavy atom. The van der Waals surface area contributed by atoms with Gasteiger partial charge in [0.2, 0.25) is 22.2 Å². The minimum atomic E-state index is -4.01. The van der Waals surface area contributed by atoms with Gasteiger partial charge in [0.1, 0.15) is 16.9 Å². The Hall–Kier alpha value is -5.22. The first-order valence-corrected chi connectivity index (χ1v) is 19.2. The van der Waals surface area contributed by atoms with Crippen LogP contribution in [0.3, 0.4) is 0 Å². The van der Waals surface area contributed by atoms with Gasteiger partial charge in [-0.2, -0.15) is 4.31 Å². The van der Waals surface area contributed by atoms with Crippen LogP contribution in [-0.2, 0) is 29.1 Å². The third-order valence-electron chi connectivity index (χ3n) is 10.3. The largest absolute Gasteiger partial charge is 0.497 e. The standard InChI is InChI=1S/C39H42N4O10S/c1-50-29-11-13-30(14-12-29)54(48,49)42(19-21-44)20-22-51-35-24-27(32-25-52-33-10-6-5-9-31(33)36(32)45)23-34(53-35)37(46)41-17-15-39(16-18-41)38(47)40-26-43(39)28-7-3-2-4-8-28/h2-14,23,25,27,35,44H,15-22,24,26H2,1H3,(H,40,47). The number of methoxy groups -OCH3 is 1. The summed E-state index contributed by atoms with van der Waals surface area (Å²) in [6.07, 6.45) is 2.90. The monoisotopic (exact) mass is 758 g/mol. The zero-order chi connectivity index (χ0) is 37.9. The molecule has 2 unspecified atom stereocenters. The smallest absolute Gasteiger partial charge is 0.288 e. The first kappa shape index (κ1) is 37.1. The number of carbonyl (C=O) groups is 2. The minimum absolute atomic E-state index is 0.0198. The second-order valence-electron chi connectivity index (χ2n) is 13.4. The highest BCUT2D eigenvalue weighted by atomic mass is 32.2. The lowest BCUT2D eigenvalue weighted by atomic mass is 9.85. The molecule has 1 spiro atoms. The molecule has 15 heteroatoms. The van der Waals surface area contributed by atoms with Gasteiger partial charge in [0.15, 0.2) is 11.2 Å². The third kappa shape index (κ3) is 7.19. The second-order valence-corrected chi connectivity index (χ2v) is 15.3. The number of aliphatic hydroxyl groups is 1. The summed E-state index contributed by atoms with van der Waals surface area (Å²) >= 11 is 0. The number of nitrogens with zero attached hydrogens (tertiary/aromatic N) is 3. The van der Waals surface area contributed by atoms with Crippen molar-refractivity contribution in [3.05, 3.63) is 113 Å². The van der Waals surface area contributed by atoms with Crippen LogP contribution in [0.25, 0.3) is 11.0 Å². The third-order valence-corrected chi connectivity index (χ3v) is 12.3. The Bertz CT molecular complexity index is 2180. The molecule has 2 atom stereocenters. The van der Waals surface area contributed by atoms with Crippen LogP contribution in [0.2, 0.25) is 0 Å². The van der Waals surface area contributed by atoms with E-state index in [4.69, 9.17) is 18.6 Å². The molecule has 2 saturated heterocycles. The van der Waals surface area contributed by atoms with Crippen LogP contribution >= 0.6 is 0 Å². The maximum atomic E-state index is 14.1. The van der Waals surface area contributed by atoms with E-state index in [0.717, 1.165) is 9.99 Å². The first-order valence-electron chi connectivity index (χ1n) is 17.8. The van der Waals surface area contributed by atoms with Crippen molar-refractivity contribution < 1.29 is 41.7 Å². The van der Waals surface area contributed by atoms with Crippen molar-refractivity contribution in [1.29, 1.82) is 0 Å². The number of piperidine rings is 1. The van der Waals surface area contributed by atoms with Crippen molar-refractivity contribution in [2.24, 2.45) is 0 Å². The summed E-state index contributed by atoms with van der Waals surface area (Å²) in [7, 11) is -2.53. The number of allylic oxidation sites excluding steroid dienone is 1. The van der Waals surface area contributed by atoms with E-state index in [9.17, 15) is 27.9 Å². The highest BCUT2D eigenvalue weighted by molar-refractivity contribution is 7.89. The Balaban J connectivity index is 1.10. The molecule has 0 saturated carbocycles. The van der Waals surface area contributed by atoms with Crippen LogP contribution in [0.1, 0.15) is 30.7 Å². The van der Waals surface area contributed by atoms with Crippen LogP contribution in [0.4, 0.5) is 5.69 Å². The number of amides is 2. The molecule has 7 rings (SSSR count). The van der Waals surface area contributed by atoms with Crippen molar-refractivity contribution in [3.8, 4) is 5.75 Å². The number of rotatable bonds is 12. The number of para-hydroxylation sites is 2. The second kappa shape index (κ2) is 15.6. The molecular weight excluding hydrogens is 717 g/mol. The molecule has 3 aromatic carbocycles. The highest BCUT2D eigenvalue weighted by Crippen LogP contribution is 2.38. The highest BCUT2D eigenvalue weighted by Gasteiger charge is 2.51. The summed E-state index contributed by atoms with van der Waals surface area (Å²) in [6, 6.07) is 22.5. The molecular formula is C39H42N4O10S. The predicted molar refractivity (Wildman–Crippen MR) is 198 cm³/mol. The van der Waals surface area contributed by atoms with Crippen molar-refractivity contribution in [3.63, 3.8) is 0 Å². The normalized spacial score (nSPS) is 19.8. The Morgan fingerprint density at radius 1 is 1.00 bits per heavy atom. The Labute approximate surface area is 312 Å². The fourth-order valence-corrected chi connectivity index (χ4v) is 8.81. The van der Waals surface area contributed by atoms with Crippen LogP contribution in [0.5, 0.6) is 5.75 Å². The van der Waals surface area contributed by atoms with E-state index >= 15 is 0 Å². The predicted octanol–water partition coefficient (Wildman–Crippen LogP) is 3.17. The molecule has 0 bridgehead atoms. The number of anilines is 1. The molecule has 4 heterocycles. The summed E-state index contributed by atoms with van der Waals surface area (Å²) in [5.74, 6) is -0.649. The van der Waals surface area contributed by atoms with Gasteiger partial charge in [-0.3, -0.25) is 14.4 Å². The lowest BCUT2D eigenvalue weighted by molar-refractivity contribution is -0.154. The number of nitrogens with one attached hydrogen (secondary N) is 1. The van der Waals surface area contributed by atoms with Gasteiger partial charge in [0, 0.05) is 49.8 Å². The van der Waals surface area contributed by atoms with E-state index in [2.05, 4.69) is 10.2 Å². The number of hydrogen-bond donors (Lipinski definition) is 2. The van der Waals surface area contributed by atoms with Gasteiger partial charge in [-0.15, -0.1) is 0 Å². The number of aliphatic hydroxyl groups excluding tert-OH is 1. The molecule has 4 aromatic rings. The minimum Gasteiger partial charge on any atom is -0.497 e. The number of carbonyl (C=O) groups excluding carboxylic acids is 2. The molecule has 2 N–H and O–H groups in total. The zero-order valence-electron chi connectivity index (χ0n) is 29.8. The average molecular weight is 759 g/mol. The number of hydrogen-bond acceptors (Lipinski definition) is 11. The molecule has 0 aliphatic carbocycles. The van der Waals surface area contributed by atoms with Crippen LogP contribution in [0, 0.1) is 0 Å². The van der Waals surface area contributed by atoms with Gasteiger partial charge in [0.25, 0.3) is 5.91 Å². The Kier molecular flexibility index (Phi) is 10.7. The van der Waals surface area contributed by atoms with Gasteiger partial charge in [-0.25, -0.2) is 8.42 Å². The van der Waals surface area contributed by atoms with E-state index in [1.165, 1.54) is 37.6 Å². The molecule has 0 radical (unpaired) electrons. The molecule has 3 aliphatic rings. The molecule has 3 aliphatic heterocycles. The van der Waals surface area contributed by atoms with Gasteiger partial charge in [-0.05, 0) is 67.4 Å². The van der Waals surface area contributed by atoms with Gasteiger partial charge >= 0.3 is 0 Å². The van der Waals surface area contributed by atoms with Crippen LogP contribution in [0.15, 0.2) is 111 Å². The fourth-order valence-electron chi connectivity index (χ4n) is 7.39. The van der Waals surface area contributed by atoms with Crippen molar-refractivity contribution in [2.45, 2.75) is 41.9 Å². The van der Waals surface area contributed by atoms with Crippen LogP contribution in [-0.4, -0.2) is 99.5 Å². The van der Waals surface area contributed by atoms with E-state index in [0.29, 0.717) is 41.8 Å². The maximum Gasteiger partial charge on any atom is 0.288 e. The van der Waals surface area contributed by atoms with E-state index in [-0.39, 0.29) is 61.2 Å². The average Bonchev–Trinajstić information content (AvgIpc) is 3.51. The summed E-state index contributed by atoms with van der Waals surface area (Å²) in [4.78, 5) is 44.8. The maximum absolute atomic E-state index is 14.1. The molecule has 14 nitrogen and oxygen atoms in total. The number of ether oxygens (including phenoxy) is 3. The van der Waals surface area contributed by atoms with Gasteiger partial charge < -0.3 is 38.9 Å². The lowest BCUT2D eigenvalue weighted by Gasteiger charge is -2.43. The SMILES string of the molecule is COc1ccc(S(=O)(=O)N(CCO)CCOC2CC(c3coc4ccccc4c3=O)C=C(C(=O)N3CCC4(CC3)C(=O)NCN4c3ccccc3)O2)cc1. The summed E-state index contributed by atoms with van der Waals surface area (Å²) in [6.45, 7) is 0.0727. The molecule has 54 heavy (non-hydrogen) atoms. The summed E-state index contributed by atoms with van der Waals surface area (Å²) in [5, 5.41) is 13.1. The summed E-state index contributed by atoms with van der Waals surface area (Å²) in [5.41, 5.74) is 0.610. The van der Waals surface area contributed by atoms with Gasteiger partial charge in [0.05, 0.1) is 43.5 Å². The van der Waals surface area contributed by atoms with E-state index < -0.39 is 40.3 Å². The fraction of sp³-hybridized carbons (Fsp3) is 0.359. The molecule has 1 aromatic heterocycles. The first-order chi connectivity index (χ1) is 26.1. The number of fused-ring (bicyclic) bond motifs is 1. The van der Waals surface area contributed by atoms with E-state index in [1.807, 2.05) is 30.3 Å².